The van der Waals surface area contributed by atoms with Gasteiger partial charge in [0.15, 0.2) is 5.82 Å². The third-order valence-corrected chi connectivity index (χ3v) is 8.73. The van der Waals surface area contributed by atoms with Crippen LogP contribution < -0.4 is 4.90 Å². The average Bonchev–Trinajstić information content (AvgIpc) is 3.50. The van der Waals surface area contributed by atoms with Gasteiger partial charge in [0.1, 0.15) is 0 Å². The number of piperazine rings is 1. The number of hydrogen-bond donors (Lipinski definition) is 0. The van der Waals surface area contributed by atoms with Crippen LogP contribution in [0.1, 0.15) is 30.1 Å². The number of nitrogens with zero attached hydrogens (tertiary/aromatic N) is 8. The van der Waals surface area contributed by atoms with Gasteiger partial charge in [0.2, 0.25) is 0 Å². The van der Waals surface area contributed by atoms with Crippen molar-refractivity contribution in [3.63, 3.8) is 0 Å². The average molecular weight is 537 g/mol. The van der Waals surface area contributed by atoms with Crippen LogP contribution in [-0.4, -0.2) is 80.9 Å². The molecule has 0 spiro atoms. The first-order valence-corrected chi connectivity index (χ1v) is 14.3. The van der Waals surface area contributed by atoms with Crippen LogP contribution in [0.25, 0.3) is 33.2 Å². The second kappa shape index (κ2) is 10.3. The summed E-state index contributed by atoms with van der Waals surface area (Å²) in [6.45, 7) is 7.54. The highest BCUT2D eigenvalue weighted by atomic mass is 16.5. The van der Waals surface area contributed by atoms with E-state index in [0.29, 0.717) is 5.92 Å². The van der Waals surface area contributed by atoms with Gasteiger partial charge in [-0.05, 0) is 50.4 Å². The van der Waals surface area contributed by atoms with Crippen molar-refractivity contribution >= 4 is 27.8 Å². The molecule has 1 atom stereocenters. The van der Waals surface area contributed by atoms with Crippen molar-refractivity contribution in [3.05, 3.63) is 66.1 Å². The first-order chi connectivity index (χ1) is 19.6. The van der Waals surface area contributed by atoms with Crippen LogP contribution in [0.15, 0.2) is 54.9 Å². The summed E-state index contributed by atoms with van der Waals surface area (Å²) in [7, 11) is 4.14. The van der Waals surface area contributed by atoms with E-state index in [1.54, 1.807) is 0 Å². The number of anilines is 1. The fraction of sp³-hybridized carbons (Fsp3) is 0.419. The van der Waals surface area contributed by atoms with E-state index in [0.717, 1.165) is 91.4 Å². The van der Waals surface area contributed by atoms with Crippen molar-refractivity contribution in [2.45, 2.75) is 25.8 Å². The largest absolute Gasteiger partial charge is 0.381 e. The number of hydrogen-bond acceptors (Lipinski definition) is 7. The quantitative estimate of drug-likeness (QED) is 0.328. The normalized spacial score (nSPS) is 18.1. The third-order valence-electron chi connectivity index (χ3n) is 8.73. The van der Waals surface area contributed by atoms with Crippen LogP contribution in [-0.2, 0) is 11.8 Å². The molecular weight excluding hydrogens is 500 g/mol. The Balaban J connectivity index is 1.54. The predicted molar refractivity (Wildman–Crippen MR) is 158 cm³/mol. The summed E-state index contributed by atoms with van der Waals surface area (Å²) in [6, 6.07) is 15.5. The highest BCUT2D eigenvalue weighted by molar-refractivity contribution is 6.10. The summed E-state index contributed by atoms with van der Waals surface area (Å²) >= 11 is 0. The summed E-state index contributed by atoms with van der Waals surface area (Å²) in [5, 5.41) is 9.74. The van der Waals surface area contributed by atoms with E-state index in [1.807, 2.05) is 31.0 Å². The van der Waals surface area contributed by atoms with Gasteiger partial charge in [0.25, 0.3) is 0 Å². The van der Waals surface area contributed by atoms with Crippen molar-refractivity contribution in [1.29, 1.82) is 0 Å². The summed E-state index contributed by atoms with van der Waals surface area (Å²) in [5.41, 5.74) is 7.53. The molecule has 6 heterocycles. The van der Waals surface area contributed by atoms with E-state index >= 15 is 0 Å². The van der Waals surface area contributed by atoms with Crippen LogP contribution in [0.3, 0.4) is 0 Å². The van der Waals surface area contributed by atoms with Crippen molar-refractivity contribution < 1.29 is 4.74 Å². The molecule has 4 aromatic heterocycles. The van der Waals surface area contributed by atoms with Crippen LogP contribution >= 0.6 is 0 Å². The van der Waals surface area contributed by atoms with Crippen molar-refractivity contribution in [2.24, 2.45) is 13.0 Å². The lowest BCUT2D eigenvalue weighted by Gasteiger charge is -2.36. The van der Waals surface area contributed by atoms with Gasteiger partial charge in [-0.25, -0.2) is 9.67 Å². The van der Waals surface area contributed by atoms with E-state index in [-0.39, 0.29) is 6.04 Å². The van der Waals surface area contributed by atoms with Crippen LogP contribution in [0.4, 0.5) is 5.82 Å². The molecule has 206 valence electrons. The fourth-order valence-electron chi connectivity index (χ4n) is 6.67. The molecule has 7 rings (SSSR count). The number of benzene rings is 1. The molecule has 1 aromatic carbocycles. The van der Waals surface area contributed by atoms with Gasteiger partial charge in [-0.3, -0.25) is 4.98 Å². The second-order valence-electron chi connectivity index (χ2n) is 11.2. The zero-order chi connectivity index (χ0) is 27.2. The SMILES string of the molecule is Cc1nnn(C)c1-c1cnc2c3ccnc(N4CCN(C)CC4)c3n(C(c3ccccc3)C3CCOCC3)c2c1. The van der Waals surface area contributed by atoms with Gasteiger partial charge < -0.3 is 19.1 Å². The molecule has 2 aliphatic heterocycles. The monoisotopic (exact) mass is 536 g/mol. The Kier molecular flexibility index (Phi) is 6.48. The topological polar surface area (TPSA) is 77.1 Å². The zero-order valence-electron chi connectivity index (χ0n) is 23.5. The predicted octanol–water partition coefficient (Wildman–Crippen LogP) is 4.46. The summed E-state index contributed by atoms with van der Waals surface area (Å²) in [6.07, 6.45) is 5.96. The van der Waals surface area contributed by atoms with E-state index in [1.165, 1.54) is 11.1 Å². The van der Waals surface area contributed by atoms with Crippen molar-refractivity contribution in [1.82, 2.24) is 34.4 Å². The minimum Gasteiger partial charge on any atom is -0.381 e. The molecule has 9 nitrogen and oxygen atoms in total. The molecular formula is C31H36N8O. The van der Waals surface area contributed by atoms with Crippen molar-refractivity contribution in [3.8, 4) is 11.3 Å². The molecule has 0 radical (unpaired) electrons. The zero-order valence-corrected chi connectivity index (χ0v) is 23.5. The lowest BCUT2D eigenvalue weighted by molar-refractivity contribution is 0.0553. The maximum Gasteiger partial charge on any atom is 0.153 e. The minimum absolute atomic E-state index is 0.128. The van der Waals surface area contributed by atoms with E-state index < -0.39 is 0 Å². The highest BCUT2D eigenvalue weighted by Gasteiger charge is 2.32. The molecule has 0 aliphatic carbocycles. The Morgan fingerprint density at radius 3 is 2.45 bits per heavy atom. The number of aromatic nitrogens is 6. The maximum absolute atomic E-state index is 5.84. The number of aryl methyl sites for hydroxylation is 2. The maximum atomic E-state index is 5.84. The highest BCUT2D eigenvalue weighted by Crippen LogP contribution is 2.43. The van der Waals surface area contributed by atoms with E-state index in [4.69, 9.17) is 14.7 Å². The smallest absolute Gasteiger partial charge is 0.153 e. The molecule has 0 saturated carbocycles. The first kappa shape index (κ1) is 25.2. The summed E-state index contributed by atoms with van der Waals surface area (Å²) in [5.74, 6) is 1.48. The Morgan fingerprint density at radius 2 is 1.73 bits per heavy atom. The molecule has 1 unspecified atom stereocenters. The standard InChI is InChI=1S/C31H36N8O/c1-21-28(37(3)35-34-21)24-19-26-27(33-20-24)25-9-12-32-31(38-15-13-36(2)14-16-38)30(25)39(26)29(22-7-5-4-6-8-22)23-10-17-40-18-11-23/h4-9,12,19-20,23,29H,10-11,13-18H2,1-3H3. The molecule has 2 fully saturated rings. The number of ether oxygens (including phenoxy) is 1. The molecule has 0 bridgehead atoms. The Morgan fingerprint density at radius 1 is 0.950 bits per heavy atom. The molecule has 0 N–H and O–H groups in total. The number of pyridine rings is 2. The summed E-state index contributed by atoms with van der Waals surface area (Å²) < 4.78 is 10.2. The Bertz CT molecular complexity index is 1630. The lowest BCUT2D eigenvalue weighted by Crippen LogP contribution is -2.45. The lowest BCUT2D eigenvalue weighted by atomic mass is 9.86. The van der Waals surface area contributed by atoms with Gasteiger partial charge in [-0.1, -0.05) is 35.5 Å². The number of fused-ring (bicyclic) bond motifs is 3. The Labute approximate surface area is 234 Å². The van der Waals surface area contributed by atoms with Crippen LogP contribution in [0.2, 0.25) is 0 Å². The van der Waals surface area contributed by atoms with E-state index in [2.05, 4.69) is 74.2 Å². The Hall–Kier alpha value is -3.82. The van der Waals surface area contributed by atoms with Gasteiger partial charge >= 0.3 is 0 Å². The fourth-order valence-corrected chi connectivity index (χ4v) is 6.67. The molecule has 2 aliphatic rings. The third kappa shape index (κ3) is 4.24. The molecule has 40 heavy (non-hydrogen) atoms. The van der Waals surface area contributed by atoms with Gasteiger partial charge in [-0.15, -0.1) is 5.10 Å². The van der Waals surface area contributed by atoms with Crippen LogP contribution in [0.5, 0.6) is 0 Å². The van der Waals surface area contributed by atoms with Gasteiger partial charge in [0, 0.05) is 69.8 Å². The first-order valence-electron chi connectivity index (χ1n) is 14.3. The summed E-state index contributed by atoms with van der Waals surface area (Å²) in [4.78, 5) is 15.0. The number of rotatable bonds is 5. The van der Waals surface area contributed by atoms with Crippen molar-refractivity contribution in [2.75, 3.05) is 51.3 Å². The molecule has 5 aromatic rings. The second-order valence-corrected chi connectivity index (χ2v) is 11.2. The molecule has 9 heteroatoms. The van der Waals surface area contributed by atoms with Gasteiger partial charge in [-0.2, -0.15) is 0 Å². The van der Waals surface area contributed by atoms with Crippen LogP contribution in [0, 0.1) is 12.8 Å². The molecule has 2 saturated heterocycles. The number of likely N-dealkylation sites (N-methyl/N-ethyl adjacent to an activating group) is 1. The van der Waals surface area contributed by atoms with Gasteiger partial charge in [0.05, 0.1) is 34.0 Å². The minimum atomic E-state index is 0.128. The van der Waals surface area contributed by atoms with E-state index in [9.17, 15) is 0 Å². The molecule has 0 amide bonds.